The van der Waals surface area contributed by atoms with Crippen molar-refractivity contribution in [3.8, 4) is 11.4 Å². The van der Waals surface area contributed by atoms with Crippen LogP contribution in [0.5, 0.6) is 5.75 Å². The molecule has 174 valence electrons. The van der Waals surface area contributed by atoms with E-state index in [0.29, 0.717) is 44.2 Å². The second-order valence-corrected chi connectivity index (χ2v) is 7.47. The van der Waals surface area contributed by atoms with Crippen molar-refractivity contribution in [3.63, 3.8) is 0 Å². The number of alkyl halides is 3. The van der Waals surface area contributed by atoms with Crippen molar-refractivity contribution in [2.75, 3.05) is 38.6 Å². The minimum absolute atomic E-state index is 0.314. The van der Waals surface area contributed by atoms with Crippen LogP contribution in [0.2, 0.25) is 0 Å². The molecule has 4 rings (SSSR count). The van der Waals surface area contributed by atoms with Crippen LogP contribution in [0.25, 0.3) is 5.69 Å². The van der Waals surface area contributed by atoms with Gasteiger partial charge in [0.1, 0.15) is 5.75 Å². The molecule has 1 aliphatic rings. The fraction of sp³-hybridized carbons (Fsp3) is 0.333. The van der Waals surface area contributed by atoms with E-state index in [2.05, 4.69) is 25.7 Å². The van der Waals surface area contributed by atoms with Gasteiger partial charge in [0.15, 0.2) is 5.82 Å². The fourth-order valence-corrected chi connectivity index (χ4v) is 3.48. The number of nitrogens with zero attached hydrogens (tertiary/aromatic N) is 6. The summed E-state index contributed by atoms with van der Waals surface area (Å²) in [5, 5.41) is 14.6. The molecule has 9 nitrogen and oxygen atoms in total. The van der Waals surface area contributed by atoms with Gasteiger partial charge in [0.25, 0.3) is 0 Å². The molecule has 12 heteroatoms. The quantitative estimate of drug-likeness (QED) is 0.629. The highest BCUT2D eigenvalue weighted by Gasteiger charge is 2.30. The van der Waals surface area contributed by atoms with Crippen molar-refractivity contribution in [2.24, 2.45) is 0 Å². The zero-order chi connectivity index (χ0) is 23.4. The number of nitrogens with one attached hydrogen (secondary N) is 1. The molecule has 2 heterocycles. The van der Waals surface area contributed by atoms with Crippen LogP contribution in [-0.4, -0.2) is 69.3 Å². The van der Waals surface area contributed by atoms with Crippen LogP contribution in [0.3, 0.4) is 0 Å². The maximum Gasteiger partial charge on any atom is 0.416 e. The molecule has 3 aromatic rings. The normalized spacial score (nSPS) is 14.8. The van der Waals surface area contributed by atoms with Crippen molar-refractivity contribution >= 4 is 11.7 Å². The number of amides is 2. The Morgan fingerprint density at radius 1 is 1.03 bits per heavy atom. The summed E-state index contributed by atoms with van der Waals surface area (Å²) in [6.45, 7) is 2.66. The van der Waals surface area contributed by atoms with Gasteiger partial charge in [-0.3, -0.25) is 4.90 Å². The van der Waals surface area contributed by atoms with Gasteiger partial charge in [-0.1, -0.05) is 0 Å². The lowest BCUT2D eigenvalue weighted by atomic mass is 10.2. The van der Waals surface area contributed by atoms with Gasteiger partial charge in [-0.05, 0) is 59.0 Å². The third-order valence-corrected chi connectivity index (χ3v) is 5.34. The summed E-state index contributed by atoms with van der Waals surface area (Å²) in [5.74, 6) is 1.40. The Labute approximate surface area is 187 Å². The number of hydrogen-bond donors (Lipinski definition) is 1. The van der Waals surface area contributed by atoms with Crippen LogP contribution < -0.4 is 10.1 Å². The van der Waals surface area contributed by atoms with Crippen LogP contribution in [0.4, 0.5) is 23.7 Å². The third-order valence-electron chi connectivity index (χ3n) is 5.34. The number of methoxy groups -OCH3 is 1. The molecule has 1 fully saturated rings. The fourth-order valence-electron chi connectivity index (χ4n) is 3.48. The van der Waals surface area contributed by atoms with E-state index in [4.69, 9.17) is 4.74 Å². The van der Waals surface area contributed by atoms with Crippen molar-refractivity contribution in [2.45, 2.75) is 12.7 Å². The highest BCUT2D eigenvalue weighted by molar-refractivity contribution is 5.89. The molecule has 0 spiro atoms. The highest BCUT2D eigenvalue weighted by atomic mass is 19.4. The molecular weight excluding hydrogens is 439 g/mol. The standard InChI is InChI=1S/C21H22F3N7O2/c1-33-18-8-6-17(7-9-18)31-19(26-27-28-31)14-29-10-12-30(13-11-29)20(32)25-16-4-2-15(3-5-16)21(22,23)24/h2-9H,10-14H2,1H3,(H,25,32). The second kappa shape index (κ2) is 9.45. The van der Waals surface area contributed by atoms with Gasteiger partial charge in [0, 0.05) is 31.9 Å². The lowest BCUT2D eigenvalue weighted by Gasteiger charge is -2.34. The molecule has 0 atom stereocenters. The summed E-state index contributed by atoms with van der Waals surface area (Å²) in [5.41, 5.74) is 0.366. The summed E-state index contributed by atoms with van der Waals surface area (Å²) in [6, 6.07) is 11.4. The van der Waals surface area contributed by atoms with E-state index >= 15 is 0 Å². The lowest BCUT2D eigenvalue weighted by molar-refractivity contribution is -0.137. The number of hydrogen-bond acceptors (Lipinski definition) is 6. The number of carbonyl (C=O) groups excluding carboxylic acids is 1. The summed E-state index contributed by atoms with van der Waals surface area (Å²) >= 11 is 0. The van der Waals surface area contributed by atoms with Crippen molar-refractivity contribution < 1.29 is 22.7 Å². The molecule has 33 heavy (non-hydrogen) atoms. The summed E-state index contributed by atoms with van der Waals surface area (Å²) in [7, 11) is 1.60. The number of anilines is 1. The Morgan fingerprint density at radius 3 is 2.30 bits per heavy atom. The Kier molecular flexibility index (Phi) is 6.45. The summed E-state index contributed by atoms with van der Waals surface area (Å²) in [4.78, 5) is 16.2. The maximum absolute atomic E-state index is 12.7. The molecule has 1 N–H and O–H groups in total. The van der Waals surface area contributed by atoms with Gasteiger partial charge in [-0.15, -0.1) is 5.10 Å². The lowest BCUT2D eigenvalue weighted by Crippen LogP contribution is -2.49. The van der Waals surface area contributed by atoms with Gasteiger partial charge in [0.2, 0.25) is 0 Å². The molecule has 2 amide bonds. The molecule has 1 aromatic heterocycles. The van der Waals surface area contributed by atoms with E-state index in [9.17, 15) is 18.0 Å². The van der Waals surface area contributed by atoms with Gasteiger partial charge in [-0.2, -0.15) is 17.9 Å². The number of rotatable bonds is 5. The van der Waals surface area contributed by atoms with Crippen LogP contribution in [0.1, 0.15) is 11.4 Å². The van der Waals surface area contributed by atoms with E-state index in [-0.39, 0.29) is 6.03 Å². The predicted octanol–water partition coefficient (Wildman–Crippen LogP) is 3.04. The minimum atomic E-state index is -4.41. The minimum Gasteiger partial charge on any atom is -0.497 e. The Morgan fingerprint density at radius 2 is 1.70 bits per heavy atom. The number of urea groups is 1. The molecule has 0 radical (unpaired) electrons. The molecule has 0 saturated carbocycles. The number of halogens is 3. The van der Waals surface area contributed by atoms with Crippen LogP contribution in [0, 0.1) is 0 Å². The predicted molar refractivity (Wildman–Crippen MR) is 113 cm³/mol. The second-order valence-electron chi connectivity index (χ2n) is 7.47. The van der Waals surface area contributed by atoms with E-state index in [1.807, 2.05) is 24.3 Å². The van der Waals surface area contributed by atoms with Crippen LogP contribution in [-0.2, 0) is 12.7 Å². The number of piperazine rings is 1. The molecule has 2 aromatic carbocycles. The van der Waals surface area contributed by atoms with Crippen LogP contribution in [0.15, 0.2) is 48.5 Å². The Balaban J connectivity index is 1.30. The molecule has 1 saturated heterocycles. The van der Waals surface area contributed by atoms with Gasteiger partial charge >= 0.3 is 12.2 Å². The molecule has 0 bridgehead atoms. The van der Waals surface area contributed by atoms with Gasteiger partial charge in [0.05, 0.1) is 24.9 Å². The number of ether oxygens (including phenoxy) is 1. The maximum atomic E-state index is 12.7. The van der Waals surface area contributed by atoms with E-state index in [0.717, 1.165) is 23.6 Å². The number of tetrazole rings is 1. The van der Waals surface area contributed by atoms with Crippen molar-refractivity contribution in [3.05, 3.63) is 59.9 Å². The summed E-state index contributed by atoms with van der Waals surface area (Å²) < 4.78 is 44.9. The van der Waals surface area contributed by atoms with Crippen molar-refractivity contribution in [1.29, 1.82) is 0 Å². The average Bonchev–Trinajstić information content (AvgIpc) is 3.27. The Bertz CT molecular complexity index is 1080. The summed E-state index contributed by atoms with van der Waals surface area (Å²) in [6.07, 6.45) is -4.41. The van der Waals surface area contributed by atoms with Gasteiger partial charge < -0.3 is 15.0 Å². The van der Waals surface area contributed by atoms with Crippen LogP contribution >= 0.6 is 0 Å². The molecule has 1 aliphatic heterocycles. The molecular formula is C21H22F3N7O2. The van der Waals surface area contributed by atoms with E-state index < -0.39 is 11.7 Å². The average molecular weight is 461 g/mol. The largest absolute Gasteiger partial charge is 0.497 e. The SMILES string of the molecule is COc1ccc(-n2nnnc2CN2CCN(C(=O)Nc3ccc(C(F)(F)F)cc3)CC2)cc1. The molecule has 0 aliphatic carbocycles. The first-order chi connectivity index (χ1) is 15.8. The number of carbonyl (C=O) groups is 1. The number of aromatic nitrogens is 4. The molecule has 0 unspecified atom stereocenters. The number of benzene rings is 2. The highest BCUT2D eigenvalue weighted by Crippen LogP contribution is 2.29. The Hall–Kier alpha value is -3.67. The first-order valence-corrected chi connectivity index (χ1v) is 10.2. The van der Waals surface area contributed by atoms with Gasteiger partial charge in [-0.25, -0.2) is 4.79 Å². The first-order valence-electron chi connectivity index (χ1n) is 10.2. The smallest absolute Gasteiger partial charge is 0.416 e. The topological polar surface area (TPSA) is 88.4 Å². The third kappa shape index (κ3) is 5.40. The van der Waals surface area contributed by atoms with E-state index in [1.165, 1.54) is 12.1 Å². The van der Waals surface area contributed by atoms with E-state index in [1.54, 1.807) is 16.7 Å². The monoisotopic (exact) mass is 461 g/mol. The van der Waals surface area contributed by atoms with Crippen molar-refractivity contribution in [1.82, 2.24) is 30.0 Å². The first kappa shape index (κ1) is 22.5. The zero-order valence-corrected chi connectivity index (χ0v) is 17.8. The zero-order valence-electron chi connectivity index (χ0n) is 17.8.